The third-order valence-corrected chi connectivity index (χ3v) is 3.25. The van der Waals surface area contributed by atoms with Crippen LogP contribution in [0.2, 0.25) is 0 Å². The van der Waals surface area contributed by atoms with Crippen LogP contribution in [0.25, 0.3) is 0 Å². The van der Waals surface area contributed by atoms with E-state index >= 15 is 0 Å². The molecule has 0 radical (unpaired) electrons. The molecule has 3 nitrogen and oxygen atoms in total. The summed E-state index contributed by atoms with van der Waals surface area (Å²) in [5.41, 5.74) is 0.734. The topological polar surface area (TPSA) is 49.8 Å². The summed E-state index contributed by atoms with van der Waals surface area (Å²) in [6.45, 7) is 5.89. The first-order valence-corrected chi connectivity index (χ1v) is 6.48. The van der Waals surface area contributed by atoms with Gasteiger partial charge in [0, 0.05) is 5.75 Å². The van der Waals surface area contributed by atoms with Crippen LogP contribution in [0.15, 0.2) is 15.9 Å². The zero-order valence-electron chi connectivity index (χ0n) is 10.1. The fraction of sp³-hybridized carbons (Fsp3) is 0.667. The summed E-state index contributed by atoms with van der Waals surface area (Å²) >= 11 is 1.64. The van der Waals surface area contributed by atoms with Crippen molar-refractivity contribution in [2.45, 2.75) is 45.3 Å². The van der Waals surface area contributed by atoms with Crippen LogP contribution in [-0.2, 0) is 0 Å². The van der Waals surface area contributed by atoms with Crippen LogP contribution in [0, 0.1) is 23.7 Å². The van der Waals surface area contributed by atoms with Crippen LogP contribution < -0.4 is 0 Å². The van der Waals surface area contributed by atoms with Crippen LogP contribution in [0.3, 0.4) is 0 Å². The van der Waals surface area contributed by atoms with Crippen molar-refractivity contribution >= 4 is 11.8 Å². The average molecular weight is 238 g/mol. The van der Waals surface area contributed by atoms with Gasteiger partial charge in [-0.15, -0.1) is 0 Å². The quantitative estimate of drug-likeness (QED) is 0.559. The standard InChI is InChI=1S/C12H18N2OS/c1-10-8-15-11(14-10)16-7-5-4-6-12(2,3)9-13/h8H,4-7H2,1-3H3. The van der Waals surface area contributed by atoms with Gasteiger partial charge < -0.3 is 4.42 Å². The second kappa shape index (κ2) is 5.95. The van der Waals surface area contributed by atoms with Gasteiger partial charge in [-0.1, -0.05) is 18.2 Å². The number of unbranched alkanes of at least 4 members (excludes halogenated alkanes) is 1. The largest absolute Gasteiger partial charge is 0.440 e. The van der Waals surface area contributed by atoms with Crippen LogP contribution in [0.4, 0.5) is 0 Å². The van der Waals surface area contributed by atoms with Gasteiger partial charge in [-0.2, -0.15) is 5.26 Å². The fourth-order valence-corrected chi connectivity index (χ4v) is 2.13. The summed E-state index contributed by atoms with van der Waals surface area (Å²) in [5, 5.41) is 9.60. The van der Waals surface area contributed by atoms with E-state index in [-0.39, 0.29) is 5.41 Å². The lowest BCUT2D eigenvalue weighted by molar-refractivity contribution is 0.432. The van der Waals surface area contributed by atoms with E-state index < -0.39 is 0 Å². The molecule has 0 aliphatic heterocycles. The first-order chi connectivity index (χ1) is 7.53. The molecule has 0 unspecified atom stereocenters. The number of aryl methyl sites for hydroxylation is 1. The molecule has 0 atom stereocenters. The molecule has 0 aliphatic rings. The monoisotopic (exact) mass is 238 g/mol. The highest BCUT2D eigenvalue weighted by atomic mass is 32.2. The Morgan fingerprint density at radius 2 is 2.25 bits per heavy atom. The second-order valence-electron chi connectivity index (χ2n) is 4.56. The Morgan fingerprint density at radius 1 is 1.50 bits per heavy atom. The molecule has 16 heavy (non-hydrogen) atoms. The number of oxazole rings is 1. The molecule has 1 aromatic heterocycles. The maximum atomic E-state index is 8.85. The van der Waals surface area contributed by atoms with E-state index in [0.29, 0.717) is 0 Å². The molecule has 0 aliphatic carbocycles. The highest BCUT2D eigenvalue weighted by Crippen LogP contribution is 2.24. The van der Waals surface area contributed by atoms with Crippen molar-refractivity contribution in [2.75, 3.05) is 5.75 Å². The Morgan fingerprint density at radius 3 is 2.81 bits per heavy atom. The predicted octanol–water partition coefficient (Wildman–Crippen LogP) is 3.80. The SMILES string of the molecule is Cc1coc(SCCCCC(C)(C)C#N)n1. The molecule has 0 fully saturated rings. The Bertz CT molecular complexity index is 365. The lowest BCUT2D eigenvalue weighted by atomic mass is 9.89. The van der Waals surface area contributed by atoms with Gasteiger partial charge in [0.1, 0.15) is 6.26 Å². The van der Waals surface area contributed by atoms with Crippen molar-refractivity contribution in [3.63, 3.8) is 0 Å². The molecule has 0 spiro atoms. The van der Waals surface area contributed by atoms with E-state index in [2.05, 4.69) is 11.1 Å². The van der Waals surface area contributed by atoms with Crippen LogP contribution >= 0.6 is 11.8 Å². The predicted molar refractivity (Wildman–Crippen MR) is 65.2 cm³/mol. The van der Waals surface area contributed by atoms with E-state index in [0.717, 1.165) is 35.9 Å². The van der Waals surface area contributed by atoms with Gasteiger partial charge in [0.05, 0.1) is 17.2 Å². The minimum atomic E-state index is -0.190. The van der Waals surface area contributed by atoms with Gasteiger partial charge in [0.15, 0.2) is 0 Å². The zero-order chi connectivity index (χ0) is 12.0. The maximum Gasteiger partial charge on any atom is 0.255 e. The highest BCUT2D eigenvalue weighted by Gasteiger charge is 2.15. The molecular formula is C12H18N2OS. The van der Waals surface area contributed by atoms with Gasteiger partial charge in [0.2, 0.25) is 0 Å². The third kappa shape index (κ3) is 4.71. The first-order valence-electron chi connectivity index (χ1n) is 5.50. The normalized spacial score (nSPS) is 11.4. The van der Waals surface area contributed by atoms with Crippen molar-refractivity contribution in [1.82, 2.24) is 4.98 Å². The minimum Gasteiger partial charge on any atom is -0.440 e. The summed E-state index contributed by atoms with van der Waals surface area (Å²) in [4.78, 5) is 4.22. The number of rotatable bonds is 6. The molecule has 4 heteroatoms. The fourth-order valence-electron chi connectivity index (χ4n) is 1.28. The number of thioether (sulfide) groups is 1. The first kappa shape index (κ1) is 13.1. The Labute approximate surface area is 101 Å². The molecule has 0 saturated heterocycles. The number of hydrogen-bond donors (Lipinski definition) is 0. The molecule has 0 aromatic carbocycles. The van der Waals surface area contributed by atoms with E-state index in [1.165, 1.54) is 0 Å². The van der Waals surface area contributed by atoms with Crippen LogP contribution in [0.5, 0.6) is 0 Å². The second-order valence-corrected chi connectivity index (χ2v) is 5.60. The average Bonchev–Trinajstić information content (AvgIpc) is 2.64. The minimum absolute atomic E-state index is 0.190. The lowest BCUT2D eigenvalue weighted by Crippen LogP contribution is -2.07. The van der Waals surface area contributed by atoms with Crippen molar-refractivity contribution < 1.29 is 4.42 Å². The zero-order valence-corrected chi connectivity index (χ0v) is 10.9. The number of nitrogens with zero attached hydrogens (tertiary/aromatic N) is 2. The number of hydrogen-bond acceptors (Lipinski definition) is 4. The van der Waals surface area contributed by atoms with Gasteiger partial charge in [0.25, 0.3) is 5.22 Å². The highest BCUT2D eigenvalue weighted by molar-refractivity contribution is 7.99. The molecule has 1 aromatic rings. The van der Waals surface area contributed by atoms with E-state index in [1.807, 2.05) is 20.8 Å². The van der Waals surface area contributed by atoms with Crippen molar-refractivity contribution in [2.24, 2.45) is 5.41 Å². The lowest BCUT2D eigenvalue weighted by Gasteiger charge is -2.13. The molecule has 88 valence electrons. The van der Waals surface area contributed by atoms with Crippen molar-refractivity contribution in [3.8, 4) is 6.07 Å². The van der Waals surface area contributed by atoms with Gasteiger partial charge >= 0.3 is 0 Å². The number of aromatic nitrogens is 1. The molecule has 0 saturated carbocycles. The van der Waals surface area contributed by atoms with Crippen molar-refractivity contribution in [1.29, 1.82) is 5.26 Å². The smallest absolute Gasteiger partial charge is 0.255 e. The van der Waals surface area contributed by atoms with E-state index in [9.17, 15) is 0 Å². The van der Waals surface area contributed by atoms with E-state index in [1.54, 1.807) is 18.0 Å². The van der Waals surface area contributed by atoms with Gasteiger partial charge in [-0.3, -0.25) is 0 Å². The van der Waals surface area contributed by atoms with E-state index in [4.69, 9.17) is 9.68 Å². The summed E-state index contributed by atoms with van der Waals surface area (Å²) < 4.78 is 5.23. The molecule has 1 rings (SSSR count). The molecule has 1 heterocycles. The van der Waals surface area contributed by atoms with Crippen molar-refractivity contribution in [3.05, 3.63) is 12.0 Å². The summed E-state index contributed by atoms with van der Waals surface area (Å²) in [6.07, 6.45) is 4.79. The number of nitriles is 1. The van der Waals surface area contributed by atoms with Crippen LogP contribution in [-0.4, -0.2) is 10.7 Å². The molecule has 0 N–H and O–H groups in total. The Kier molecular flexibility index (Phi) is 4.88. The summed E-state index contributed by atoms with van der Waals surface area (Å²) in [5.74, 6) is 1.00. The summed E-state index contributed by atoms with van der Waals surface area (Å²) in [7, 11) is 0. The summed E-state index contributed by atoms with van der Waals surface area (Å²) in [6, 6.07) is 2.32. The van der Waals surface area contributed by atoms with Crippen LogP contribution in [0.1, 0.15) is 38.8 Å². The van der Waals surface area contributed by atoms with Gasteiger partial charge in [-0.05, 0) is 33.6 Å². The molecule has 0 amide bonds. The molecular weight excluding hydrogens is 220 g/mol. The van der Waals surface area contributed by atoms with Gasteiger partial charge in [-0.25, -0.2) is 4.98 Å². The molecule has 0 bridgehead atoms. The maximum absolute atomic E-state index is 8.85. The Balaban J connectivity index is 2.11. The third-order valence-electron chi connectivity index (χ3n) is 2.32. The Hall–Kier alpha value is -0.950.